The van der Waals surface area contributed by atoms with Crippen LogP contribution in [0.25, 0.3) is 10.8 Å². The predicted octanol–water partition coefficient (Wildman–Crippen LogP) is 9.04. The number of hydrogen-bond donors (Lipinski definition) is 0. The Hall–Kier alpha value is -2.83. The van der Waals surface area contributed by atoms with Crippen molar-refractivity contribution in [3.63, 3.8) is 0 Å². The minimum absolute atomic E-state index is 0.00105. The van der Waals surface area contributed by atoms with Crippen molar-refractivity contribution < 1.29 is 9.09 Å². The number of hydrogen-bond acceptors (Lipinski definition) is 2. The van der Waals surface area contributed by atoms with Crippen LogP contribution in [0.5, 0.6) is 5.75 Å². The smallest absolute Gasteiger partial charge is 0.307 e. The van der Waals surface area contributed by atoms with Crippen LogP contribution < -0.4 is 15.1 Å². The lowest BCUT2D eigenvalue weighted by Crippen LogP contribution is -2.25. The van der Waals surface area contributed by atoms with Crippen molar-refractivity contribution in [3.8, 4) is 5.75 Å². The summed E-state index contributed by atoms with van der Waals surface area (Å²) in [6.07, 6.45) is 0. The molecule has 0 saturated carbocycles. The Labute approximate surface area is 223 Å². The molecule has 3 heteroatoms. The predicted molar refractivity (Wildman–Crippen MR) is 160 cm³/mol. The van der Waals surface area contributed by atoms with Crippen LogP contribution in [0, 0.1) is 0 Å². The van der Waals surface area contributed by atoms with Gasteiger partial charge in [0, 0.05) is 11.1 Å². The molecule has 0 radical (unpaired) electrons. The van der Waals surface area contributed by atoms with Gasteiger partial charge in [-0.05, 0) is 50.8 Å². The SMILES string of the molecule is CC(C)(C)c1ccc(P(=O)(Oc2c(C(C)(C)C)cccc2C(C)(C)C)c2cccc3ccccc23)cc1. The topological polar surface area (TPSA) is 26.3 Å². The van der Waals surface area contributed by atoms with Crippen molar-refractivity contribution in [1.29, 1.82) is 0 Å². The lowest BCUT2D eigenvalue weighted by Gasteiger charge is -2.32. The van der Waals surface area contributed by atoms with E-state index in [1.54, 1.807) is 0 Å². The third kappa shape index (κ3) is 5.41. The molecule has 1 unspecified atom stereocenters. The van der Waals surface area contributed by atoms with Crippen molar-refractivity contribution in [2.45, 2.75) is 78.6 Å². The van der Waals surface area contributed by atoms with Crippen LogP contribution in [-0.4, -0.2) is 0 Å². The summed E-state index contributed by atoms with van der Waals surface area (Å²) in [6.45, 7) is 19.7. The molecule has 0 bridgehead atoms. The van der Waals surface area contributed by atoms with E-state index in [1.165, 1.54) is 5.56 Å². The Morgan fingerprint density at radius 1 is 0.568 bits per heavy atom. The number of fused-ring (bicyclic) bond motifs is 1. The molecule has 0 aliphatic heterocycles. The molecule has 37 heavy (non-hydrogen) atoms. The van der Waals surface area contributed by atoms with E-state index in [1.807, 2.05) is 42.5 Å². The van der Waals surface area contributed by atoms with Gasteiger partial charge in [-0.3, -0.25) is 4.57 Å². The van der Waals surface area contributed by atoms with E-state index in [0.717, 1.165) is 33.0 Å². The third-order valence-corrected chi connectivity index (χ3v) is 9.45. The molecule has 4 aromatic carbocycles. The van der Waals surface area contributed by atoms with Crippen molar-refractivity contribution in [3.05, 3.63) is 102 Å². The molecular weight excluding hydrogens is 471 g/mol. The van der Waals surface area contributed by atoms with Crippen LogP contribution in [0.2, 0.25) is 0 Å². The van der Waals surface area contributed by atoms with Gasteiger partial charge in [0.05, 0.1) is 10.6 Å². The van der Waals surface area contributed by atoms with Crippen molar-refractivity contribution in [2.75, 3.05) is 0 Å². The second-order valence-corrected chi connectivity index (χ2v) is 15.4. The molecule has 0 N–H and O–H groups in total. The summed E-state index contributed by atoms with van der Waals surface area (Å²) < 4.78 is 22.5. The molecule has 194 valence electrons. The quantitative estimate of drug-likeness (QED) is 0.255. The van der Waals surface area contributed by atoms with Gasteiger partial charge in [0.1, 0.15) is 5.75 Å². The second kappa shape index (κ2) is 9.48. The Bertz CT molecular complexity index is 1420. The third-order valence-electron chi connectivity index (χ3n) is 7.01. The molecule has 4 rings (SSSR count). The summed E-state index contributed by atoms with van der Waals surface area (Å²) in [4.78, 5) is 0. The molecule has 4 aromatic rings. The highest BCUT2D eigenvalue weighted by Gasteiger charge is 2.36. The molecule has 0 spiro atoms. The number of benzene rings is 4. The normalized spacial score (nSPS) is 14.4. The van der Waals surface area contributed by atoms with Gasteiger partial charge in [-0.25, -0.2) is 0 Å². The summed E-state index contributed by atoms with van der Waals surface area (Å²) >= 11 is 0. The van der Waals surface area contributed by atoms with Gasteiger partial charge in [0.25, 0.3) is 0 Å². The Balaban J connectivity index is 2.04. The van der Waals surface area contributed by atoms with E-state index in [2.05, 4.69) is 105 Å². The highest BCUT2D eigenvalue weighted by atomic mass is 31.2. The van der Waals surface area contributed by atoms with Gasteiger partial charge < -0.3 is 4.52 Å². The standard InChI is InChI=1S/C34H41O2P/c1-32(2,3)25-20-22-26(23-21-25)37(35,30-19-12-15-24-14-10-11-16-27(24)30)36-31-28(33(4,5)6)17-13-18-29(31)34(7,8)9/h10-23H,1-9H3. The first-order valence-corrected chi connectivity index (χ1v) is 14.8. The van der Waals surface area contributed by atoms with Gasteiger partial charge in [-0.2, -0.15) is 0 Å². The van der Waals surface area contributed by atoms with E-state index < -0.39 is 7.37 Å². The van der Waals surface area contributed by atoms with Crippen LogP contribution >= 0.6 is 7.37 Å². The van der Waals surface area contributed by atoms with Crippen molar-refractivity contribution in [2.24, 2.45) is 0 Å². The number of para-hydroxylation sites is 1. The first-order chi connectivity index (χ1) is 17.1. The minimum atomic E-state index is -3.56. The maximum Gasteiger partial charge on any atom is 0.307 e. The summed E-state index contributed by atoms with van der Waals surface area (Å²) in [5, 5.41) is 3.45. The van der Waals surface area contributed by atoms with Gasteiger partial charge in [-0.15, -0.1) is 0 Å². The van der Waals surface area contributed by atoms with E-state index in [9.17, 15) is 0 Å². The van der Waals surface area contributed by atoms with Crippen LogP contribution in [-0.2, 0) is 20.8 Å². The molecule has 0 amide bonds. The van der Waals surface area contributed by atoms with E-state index in [0.29, 0.717) is 5.30 Å². The lowest BCUT2D eigenvalue weighted by molar-refractivity contribution is 0.466. The fourth-order valence-electron chi connectivity index (χ4n) is 4.81. The zero-order chi connectivity index (χ0) is 27.2. The Morgan fingerprint density at radius 2 is 1.08 bits per heavy atom. The fourth-order valence-corrected chi connectivity index (χ4v) is 7.09. The van der Waals surface area contributed by atoms with Crippen LogP contribution in [0.4, 0.5) is 0 Å². The molecule has 0 aromatic heterocycles. The zero-order valence-corrected chi connectivity index (χ0v) is 24.7. The number of rotatable bonds is 4. The Morgan fingerprint density at radius 3 is 1.62 bits per heavy atom. The van der Waals surface area contributed by atoms with Crippen molar-refractivity contribution in [1.82, 2.24) is 0 Å². The maximum atomic E-state index is 15.5. The zero-order valence-electron chi connectivity index (χ0n) is 23.8. The molecule has 0 aliphatic rings. The summed E-state index contributed by atoms with van der Waals surface area (Å²) in [5.74, 6) is 0.735. The van der Waals surface area contributed by atoms with E-state index in [4.69, 9.17) is 4.52 Å². The van der Waals surface area contributed by atoms with Crippen LogP contribution in [0.3, 0.4) is 0 Å². The van der Waals surface area contributed by atoms with E-state index in [-0.39, 0.29) is 16.2 Å². The molecule has 0 heterocycles. The first-order valence-electron chi connectivity index (χ1n) is 13.2. The minimum Gasteiger partial charge on any atom is -0.436 e. The molecular formula is C34H41O2P. The molecule has 0 saturated heterocycles. The van der Waals surface area contributed by atoms with Crippen LogP contribution in [0.15, 0.2) is 84.9 Å². The lowest BCUT2D eigenvalue weighted by atomic mass is 9.80. The summed E-state index contributed by atoms with van der Waals surface area (Å²) in [5.41, 5.74) is 2.96. The van der Waals surface area contributed by atoms with Crippen molar-refractivity contribution >= 4 is 28.8 Å². The van der Waals surface area contributed by atoms with Gasteiger partial charge in [0.2, 0.25) is 0 Å². The maximum absolute atomic E-state index is 15.5. The first kappa shape index (κ1) is 27.2. The van der Waals surface area contributed by atoms with Gasteiger partial charge >= 0.3 is 7.37 Å². The molecule has 0 aliphatic carbocycles. The Kier molecular flexibility index (Phi) is 6.97. The summed E-state index contributed by atoms with van der Waals surface area (Å²) in [6, 6.07) is 28.7. The van der Waals surface area contributed by atoms with Gasteiger partial charge in [-0.1, -0.05) is 129 Å². The largest absolute Gasteiger partial charge is 0.436 e. The van der Waals surface area contributed by atoms with Gasteiger partial charge in [0.15, 0.2) is 0 Å². The van der Waals surface area contributed by atoms with E-state index >= 15 is 4.57 Å². The monoisotopic (exact) mass is 512 g/mol. The molecule has 2 nitrogen and oxygen atoms in total. The second-order valence-electron chi connectivity index (χ2n) is 13.1. The molecule has 1 atom stereocenters. The molecule has 0 fully saturated rings. The average molecular weight is 513 g/mol. The van der Waals surface area contributed by atoms with Crippen LogP contribution in [0.1, 0.15) is 79.0 Å². The fraction of sp³-hybridized carbons (Fsp3) is 0.353. The summed E-state index contributed by atoms with van der Waals surface area (Å²) in [7, 11) is -3.56. The highest BCUT2D eigenvalue weighted by Crippen LogP contribution is 2.52. The highest BCUT2D eigenvalue weighted by molar-refractivity contribution is 7.75. The average Bonchev–Trinajstić information content (AvgIpc) is 2.82.